The molecule has 1 saturated heterocycles. The van der Waals surface area contributed by atoms with Crippen molar-refractivity contribution in [2.24, 2.45) is 0 Å². The maximum atomic E-state index is 10.9. The van der Waals surface area contributed by atoms with Gasteiger partial charge in [0, 0.05) is 12.5 Å². The van der Waals surface area contributed by atoms with E-state index in [0.29, 0.717) is 12.5 Å². The fourth-order valence-corrected chi connectivity index (χ4v) is 1.79. The number of hydrogen-bond acceptors (Lipinski definition) is 3. The van der Waals surface area contributed by atoms with Crippen LogP contribution in [0.1, 0.15) is 32.6 Å². The fraction of sp³-hybridized carbons (Fsp3) is 0.900. The van der Waals surface area contributed by atoms with Gasteiger partial charge in [-0.1, -0.05) is 0 Å². The molecule has 0 aliphatic carbocycles. The molecule has 1 heterocycles. The quantitative estimate of drug-likeness (QED) is 0.620. The van der Waals surface area contributed by atoms with Gasteiger partial charge in [-0.25, -0.2) is 0 Å². The van der Waals surface area contributed by atoms with Crippen molar-refractivity contribution < 1.29 is 9.53 Å². The molecule has 1 aliphatic rings. The van der Waals surface area contributed by atoms with E-state index in [4.69, 9.17) is 0 Å². The molecule has 1 unspecified atom stereocenters. The molecule has 76 valence electrons. The van der Waals surface area contributed by atoms with E-state index in [1.165, 1.54) is 33.0 Å². The Balaban J connectivity index is 2.16. The van der Waals surface area contributed by atoms with Crippen LogP contribution in [0.4, 0.5) is 0 Å². The summed E-state index contributed by atoms with van der Waals surface area (Å²) in [4.78, 5) is 13.3. The second-order valence-corrected chi connectivity index (χ2v) is 3.71. The van der Waals surface area contributed by atoms with Crippen LogP contribution in [-0.4, -0.2) is 37.1 Å². The second-order valence-electron chi connectivity index (χ2n) is 3.71. The lowest BCUT2D eigenvalue weighted by atomic mass is 10.1. The highest BCUT2D eigenvalue weighted by atomic mass is 16.5. The van der Waals surface area contributed by atoms with Crippen LogP contribution in [0, 0.1) is 0 Å². The van der Waals surface area contributed by atoms with E-state index in [2.05, 4.69) is 16.6 Å². The van der Waals surface area contributed by atoms with E-state index in [9.17, 15) is 4.79 Å². The third-order valence-corrected chi connectivity index (χ3v) is 2.76. The summed E-state index contributed by atoms with van der Waals surface area (Å²) in [6.45, 7) is 4.58. The first-order valence-electron chi connectivity index (χ1n) is 5.05. The molecule has 1 fully saturated rings. The van der Waals surface area contributed by atoms with E-state index < -0.39 is 0 Å². The Hall–Kier alpha value is -0.570. The van der Waals surface area contributed by atoms with Crippen molar-refractivity contribution in [3.63, 3.8) is 0 Å². The van der Waals surface area contributed by atoms with Gasteiger partial charge in [0.1, 0.15) is 0 Å². The zero-order valence-electron chi connectivity index (χ0n) is 8.58. The number of ether oxygens (including phenoxy) is 1. The average Bonchev–Trinajstić information content (AvgIpc) is 2.66. The molecule has 0 aromatic carbocycles. The van der Waals surface area contributed by atoms with Crippen molar-refractivity contribution in [3.8, 4) is 0 Å². The van der Waals surface area contributed by atoms with E-state index in [1.54, 1.807) is 0 Å². The lowest BCUT2D eigenvalue weighted by Crippen LogP contribution is -2.30. The molecule has 0 spiro atoms. The Bertz CT molecular complexity index is 164. The molecule has 13 heavy (non-hydrogen) atoms. The summed E-state index contributed by atoms with van der Waals surface area (Å²) in [6, 6.07) is 0.529. The normalized spacial score (nSPS) is 20.2. The highest BCUT2D eigenvalue weighted by Gasteiger charge is 2.18. The molecule has 3 nitrogen and oxygen atoms in total. The van der Waals surface area contributed by atoms with Crippen LogP contribution >= 0.6 is 0 Å². The van der Waals surface area contributed by atoms with Gasteiger partial charge in [-0.15, -0.1) is 0 Å². The third kappa shape index (κ3) is 3.35. The van der Waals surface area contributed by atoms with Gasteiger partial charge in [-0.3, -0.25) is 4.79 Å². The van der Waals surface area contributed by atoms with Gasteiger partial charge in [-0.2, -0.15) is 0 Å². The minimum atomic E-state index is -0.0916. The Morgan fingerprint density at radius 1 is 1.46 bits per heavy atom. The van der Waals surface area contributed by atoms with Crippen molar-refractivity contribution in [1.29, 1.82) is 0 Å². The molecule has 0 saturated carbocycles. The summed E-state index contributed by atoms with van der Waals surface area (Å²) < 4.78 is 4.61. The smallest absolute Gasteiger partial charge is 0.305 e. The van der Waals surface area contributed by atoms with Crippen LogP contribution in [0.3, 0.4) is 0 Å². The van der Waals surface area contributed by atoms with Crippen molar-refractivity contribution in [2.45, 2.75) is 38.6 Å². The highest BCUT2D eigenvalue weighted by Crippen LogP contribution is 2.14. The van der Waals surface area contributed by atoms with Crippen LogP contribution in [-0.2, 0) is 9.53 Å². The Labute approximate surface area is 80.1 Å². The molecular weight excluding hydrogens is 166 g/mol. The summed E-state index contributed by atoms with van der Waals surface area (Å²) >= 11 is 0. The molecule has 1 atom stereocenters. The third-order valence-electron chi connectivity index (χ3n) is 2.76. The lowest BCUT2D eigenvalue weighted by Gasteiger charge is -2.22. The van der Waals surface area contributed by atoms with Gasteiger partial charge in [0.05, 0.1) is 7.11 Å². The summed E-state index contributed by atoms with van der Waals surface area (Å²) in [6.07, 6.45) is 4.09. The van der Waals surface area contributed by atoms with Crippen molar-refractivity contribution >= 4 is 5.97 Å². The Morgan fingerprint density at radius 3 is 2.62 bits per heavy atom. The molecule has 1 aliphatic heterocycles. The minimum Gasteiger partial charge on any atom is -0.469 e. The lowest BCUT2D eigenvalue weighted by molar-refractivity contribution is -0.141. The van der Waals surface area contributed by atoms with Crippen LogP contribution in [0.2, 0.25) is 0 Å². The van der Waals surface area contributed by atoms with Crippen LogP contribution in [0.15, 0.2) is 0 Å². The zero-order valence-corrected chi connectivity index (χ0v) is 8.58. The van der Waals surface area contributed by atoms with Gasteiger partial charge < -0.3 is 9.64 Å². The summed E-state index contributed by atoms with van der Waals surface area (Å²) in [5, 5.41) is 0. The molecule has 0 bridgehead atoms. The van der Waals surface area contributed by atoms with Crippen molar-refractivity contribution in [1.82, 2.24) is 4.90 Å². The number of methoxy groups -OCH3 is 1. The zero-order chi connectivity index (χ0) is 9.68. The van der Waals surface area contributed by atoms with Crippen LogP contribution in [0.25, 0.3) is 0 Å². The van der Waals surface area contributed by atoms with E-state index in [1.807, 2.05) is 0 Å². The van der Waals surface area contributed by atoms with Crippen molar-refractivity contribution in [2.75, 3.05) is 20.2 Å². The SMILES string of the molecule is COC(=O)CCC(C)N1CCCC1. The number of rotatable bonds is 4. The van der Waals surface area contributed by atoms with Gasteiger partial charge in [0.25, 0.3) is 0 Å². The monoisotopic (exact) mass is 185 g/mol. The fourth-order valence-electron chi connectivity index (χ4n) is 1.79. The maximum Gasteiger partial charge on any atom is 0.305 e. The highest BCUT2D eigenvalue weighted by molar-refractivity contribution is 5.69. The number of carbonyl (C=O) groups is 1. The van der Waals surface area contributed by atoms with E-state index >= 15 is 0 Å². The molecule has 0 radical (unpaired) electrons. The molecule has 0 aromatic rings. The topological polar surface area (TPSA) is 29.5 Å². The Morgan fingerprint density at radius 2 is 2.08 bits per heavy atom. The second kappa shape index (κ2) is 5.22. The summed E-state index contributed by atoms with van der Waals surface area (Å²) in [5.74, 6) is -0.0916. The maximum absolute atomic E-state index is 10.9. The largest absolute Gasteiger partial charge is 0.469 e. The molecule has 3 heteroatoms. The van der Waals surface area contributed by atoms with Crippen molar-refractivity contribution in [3.05, 3.63) is 0 Å². The van der Waals surface area contributed by atoms with E-state index in [0.717, 1.165) is 6.42 Å². The van der Waals surface area contributed by atoms with Gasteiger partial charge >= 0.3 is 5.97 Å². The van der Waals surface area contributed by atoms with E-state index in [-0.39, 0.29) is 5.97 Å². The first-order chi connectivity index (χ1) is 6.24. The molecule has 0 N–H and O–H groups in total. The average molecular weight is 185 g/mol. The first-order valence-corrected chi connectivity index (χ1v) is 5.05. The number of carbonyl (C=O) groups excluding carboxylic acids is 1. The predicted octanol–water partition coefficient (Wildman–Crippen LogP) is 1.42. The van der Waals surface area contributed by atoms with Gasteiger partial charge in [-0.05, 0) is 39.3 Å². The summed E-state index contributed by atoms with van der Waals surface area (Å²) in [5.41, 5.74) is 0. The number of nitrogens with zero attached hydrogens (tertiary/aromatic N) is 1. The number of likely N-dealkylation sites (tertiary alicyclic amines) is 1. The van der Waals surface area contributed by atoms with Gasteiger partial charge in [0.15, 0.2) is 0 Å². The Kier molecular flexibility index (Phi) is 4.22. The molecule has 0 aromatic heterocycles. The molecule has 0 amide bonds. The summed E-state index contributed by atoms with van der Waals surface area (Å²) in [7, 11) is 1.45. The van der Waals surface area contributed by atoms with Crippen LogP contribution in [0.5, 0.6) is 0 Å². The number of hydrogen-bond donors (Lipinski definition) is 0. The standard InChI is InChI=1S/C10H19NO2/c1-9(5-6-10(12)13-2)11-7-3-4-8-11/h9H,3-8H2,1-2H3. The minimum absolute atomic E-state index is 0.0916. The number of esters is 1. The first kappa shape index (κ1) is 10.5. The molecule has 1 rings (SSSR count). The molecular formula is C10H19NO2. The van der Waals surface area contributed by atoms with Gasteiger partial charge in [0.2, 0.25) is 0 Å². The van der Waals surface area contributed by atoms with Crippen LogP contribution < -0.4 is 0 Å². The predicted molar refractivity (Wildman–Crippen MR) is 51.5 cm³/mol.